The van der Waals surface area contributed by atoms with Crippen LogP contribution in [0.15, 0.2) is 48.5 Å². The van der Waals surface area contributed by atoms with Crippen molar-refractivity contribution in [3.63, 3.8) is 0 Å². The summed E-state index contributed by atoms with van der Waals surface area (Å²) >= 11 is 0. The van der Waals surface area contributed by atoms with Gasteiger partial charge < -0.3 is 0 Å². The van der Waals surface area contributed by atoms with E-state index in [-0.39, 0.29) is 0 Å². The van der Waals surface area contributed by atoms with E-state index in [0.29, 0.717) is 17.1 Å². The predicted octanol–water partition coefficient (Wildman–Crippen LogP) is 3.32. The molecule has 0 amide bonds. The molecule has 96 valence electrons. The van der Waals surface area contributed by atoms with E-state index >= 15 is 0 Å². The first-order valence-electron chi connectivity index (χ1n) is 6.07. The van der Waals surface area contributed by atoms with Gasteiger partial charge in [-0.2, -0.15) is 5.26 Å². The van der Waals surface area contributed by atoms with Crippen LogP contribution in [0.5, 0.6) is 0 Å². The molecule has 0 aliphatic rings. The Bertz CT molecular complexity index is 629. The fourth-order valence-electron chi connectivity index (χ4n) is 1.91. The largest absolute Gasteiger partial charge is 0.259 e. The van der Waals surface area contributed by atoms with E-state index < -0.39 is 10.8 Å². The third kappa shape index (κ3) is 3.77. The van der Waals surface area contributed by atoms with Crippen molar-refractivity contribution in [3.05, 3.63) is 70.8 Å². The van der Waals surface area contributed by atoms with Gasteiger partial charge in [-0.25, -0.2) is 0 Å². The molecule has 2 aromatic rings. The number of nitrogens with zero attached hydrogens (tertiary/aromatic N) is 1. The number of hydrogen-bond donors (Lipinski definition) is 0. The SMILES string of the molecule is Cc1cc(C#N)ccc1CS(=O)Cc1ccccc1. The highest BCUT2D eigenvalue weighted by Gasteiger charge is 2.06. The number of aryl methyl sites for hydroxylation is 1. The quantitative estimate of drug-likeness (QED) is 0.854. The molecule has 0 aromatic heterocycles. The van der Waals surface area contributed by atoms with Gasteiger partial charge in [-0.15, -0.1) is 0 Å². The molecule has 0 saturated heterocycles. The van der Waals surface area contributed by atoms with Crippen molar-refractivity contribution in [2.45, 2.75) is 18.4 Å². The lowest BCUT2D eigenvalue weighted by molar-refractivity contribution is 0.682. The smallest absolute Gasteiger partial charge is 0.0991 e. The maximum absolute atomic E-state index is 12.1. The van der Waals surface area contributed by atoms with Gasteiger partial charge in [0, 0.05) is 22.3 Å². The lowest BCUT2D eigenvalue weighted by Crippen LogP contribution is -2.01. The minimum atomic E-state index is -0.924. The normalized spacial score (nSPS) is 11.8. The Morgan fingerprint density at radius 1 is 1.11 bits per heavy atom. The highest BCUT2D eigenvalue weighted by atomic mass is 32.2. The van der Waals surface area contributed by atoms with E-state index in [1.165, 1.54) is 0 Å². The molecule has 2 rings (SSSR count). The van der Waals surface area contributed by atoms with Crippen LogP contribution >= 0.6 is 0 Å². The van der Waals surface area contributed by atoms with Crippen LogP contribution in [0.1, 0.15) is 22.3 Å². The lowest BCUT2D eigenvalue weighted by atomic mass is 10.1. The minimum absolute atomic E-state index is 0.534. The molecule has 0 bridgehead atoms. The molecule has 2 nitrogen and oxygen atoms in total. The zero-order chi connectivity index (χ0) is 13.7. The molecule has 0 heterocycles. The van der Waals surface area contributed by atoms with Crippen molar-refractivity contribution in [3.8, 4) is 6.07 Å². The zero-order valence-corrected chi connectivity index (χ0v) is 11.6. The van der Waals surface area contributed by atoms with Crippen LogP contribution in [-0.4, -0.2) is 4.21 Å². The van der Waals surface area contributed by atoms with Gasteiger partial charge in [0.25, 0.3) is 0 Å². The van der Waals surface area contributed by atoms with Crippen LogP contribution < -0.4 is 0 Å². The fraction of sp³-hybridized carbons (Fsp3) is 0.188. The van der Waals surface area contributed by atoms with Gasteiger partial charge in [-0.3, -0.25) is 4.21 Å². The molecule has 0 fully saturated rings. The van der Waals surface area contributed by atoms with E-state index in [1.807, 2.05) is 49.4 Å². The summed E-state index contributed by atoms with van der Waals surface area (Å²) in [4.78, 5) is 0. The van der Waals surface area contributed by atoms with Gasteiger partial charge in [0.2, 0.25) is 0 Å². The van der Waals surface area contributed by atoms with Crippen molar-refractivity contribution < 1.29 is 4.21 Å². The molecule has 0 spiro atoms. The van der Waals surface area contributed by atoms with Crippen LogP contribution in [0.4, 0.5) is 0 Å². The summed E-state index contributed by atoms with van der Waals surface area (Å²) in [6.45, 7) is 1.95. The summed E-state index contributed by atoms with van der Waals surface area (Å²) in [5, 5.41) is 8.82. The van der Waals surface area contributed by atoms with Gasteiger partial charge in [-0.1, -0.05) is 36.4 Å². The molecule has 3 heteroatoms. The van der Waals surface area contributed by atoms with Crippen LogP contribution in [0.3, 0.4) is 0 Å². The molecule has 1 unspecified atom stereocenters. The van der Waals surface area contributed by atoms with E-state index in [9.17, 15) is 4.21 Å². The molecule has 0 aliphatic heterocycles. The topological polar surface area (TPSA) is 40.9 Å². The van der Waals surface area contributed by atoms with Gasteiger partial charge >= 0.3 is 0 Å². The number of nitriles is 1. The average Bonchev–Trinajstić information content (AvgIpc) is 2.42. The molecule has 0 radical (unpaired) electrons. The first-order chi connectivity index (χ1) is 9.19. The fourth-order valence-corrected chi connectivity index (χ4v) is 3.25. The molecular formula is C16H15NOS. The maximum atomic E-state index is 12.1. The first-order valence-corrected chi connectivity index (χ1v) is 7.56. The second-order valence-corrected chi connectivity index (χ2v) is 5.92. The summed E-state index contributed by atoms with van der Waals surface area (Å²) in [6, 6.07) is 17.5. The van der Waals surface area contributed by atoms with E-state index in [0.717, 1.165) is 16.7 Å². The maximum Gasteiger partial charge on any atom is 0.0991 e. The summed E-state index contributed by atoms with van der Waals surface area (Å²) in [5.41, 5.74) is 3.82. The minimum Gasteiger partial charge on any atom is -0.259 e. The molecule has 0 N–H and O–H groups in total. The summed E-state index contributed by atoms with van der Waals surface area (Å²) in [7, 11) is -0.924. The number of hydrogen-bond acceptors (Lipinski definition) is 2. The Morgan fingerprint density at radius 2 is 1.84 bits per heavy atom. The molecule has 19 heavy (non-hydrogen) atoms. The van der Waals surface area contributed by atoms with Gasteiger partial charge in [0.1, 0.15) is 0 Å². The van der Waals surface area contributed by atoms with Crippen molar-refractivity contribution >= 4 is 10.8 Å². The number of rotatable bonds is 4. The molecule has 2 aromatic carbocycles. The second-order valence-electron chi connectivity index (χ2n) is 4.47. The van der Waals surface area contributed by atoms with Crippen LogP contribution in [-0.2, 0) is 22.3 Å². The third-order valence-electron chi connectivity index (χ3n) is 2.96. The first kappa shape index (κ1) is 13.5. The van der Waals surface area contributed by atoms with Gasteiger partial charge in [0.05, 0.1) is 11.6 Å². The number of benzene rings is 2. The van der Waals surface area contributed by atoms with Crippen LogP contribution in [0, 0.1) is 18.3 Å². The Hall–Kier alpha value is -1.92. The average molecular weight is 269 g/mol. The van der Waals surface area contributed by atoms with Crippen molar-refractivity contribution in [1.29, 1.82) is 5.26 Å². The summed E-state index contributed by atoms with van der Waals surface area (Å²) in [5.74, 6) is 1.10. The van der Waals surface area contributed by atoms with E-state index in [2.05, 4.69) is 6.07 Å². The third-order valence-corrected chi connectivity index (χ3v) is 4.25. The van der Waals surface area contributed by atoms with E-state index in [1.54, 1.807) is 6.07 Å². The van der Waals surface area contributed by atoms with E-state index in [4.69, 9.17) is 5.26 Å². The van der Waals surface area contributed by atoms with Crippen molar-refractivity contribution in [1.82, 2.24) is 0 Å². The van der Waals surface area contributed by atoms with Gasteiger partial charge in [-0.05, 0) is 35.7 Å². The zero-order valence-electron chi connectivity index (χ0n) is 10.8. The van der Waals surface area contributed by atoms with Crippen LogP contribution in [0.2, 0.25) is 0 Å². The Kier molecular flexibility index (Phi) is 4.48. The van der Waals surface area contributed by atoms with Crippen LogP contribution in [0.25, 0.3) is 0 Å². The highest BCUT2D eigenvalue weighted by Crippen LogP contribution is 2.14. The Balaban J connectivity index is 2.05. The summed E-state index contributed by atoms with van der Waals surface area (Å²) < 4.78 is 12.1. The monoisotopic (exact) mass is 269 g/mol. The molecule has 0 aliphatic carbocycles. The predicted molar refractivity (Wildman–Crippen MR) is 77.9 cm³/mol. The standard InChI is InChI=1S/C16H15NOS/c1-13-9-15(10-17)7-8-16(13)12-19(18)11-14-5-3-2-4-6-14/h2-9H,11-12H2,1H3. The van der Waals surface area contributed by atoms with Crippen molar-refractivity contribution in [2.75, 3.05) is 0 Å². The van der Waals surface area contributed by atoms with Crippen molar-refractivity contribution in [2.24, 2.45) is 0 Å². The highest BCUT2D eigenvalue weighted by molar-refractivity contribution is 7.83. The second kappa shape index (κ2) is 6.31. The Labute approximate surface area is 116 Å². The molecule has 0 saturated carbocycles. The summed E-state index contributed by atoms with van der Waals surface area (Å²) in [6.07, 6.45) is 0. The molecule has 1 atom stereocenters. The van der Waals surface area contributed by atoms with Gasteiger partial charge in [0.15, 0.2) is 0 Å². The molecular weight excluding hydrogens is 254 g/mol. The lowest BCUT2D eigenvalue weighted by Gasteiger charge is -2.06. The Morgan fingerprint density at radius 3 is 2.47 bits per heavy atom.